The number of aliphatic hydroxyl groups is 2. The summed E-state index contributed by atoms with van der Waals surface area (Å²) in [6.45, 7) is 1.14. The van der Waals surface area contributed by atoms with Crippen LogP contribution >= 0.6 is 0 Å². The molecule has 0 saturated carbocycles. The van der Waals surface area contributed by atoms with Crippen LogP contribution in [0.15, 0.2) is 97.4 Å². The molecule has 0 aliphatic rings. The van der Waals surface area contributed by atoms with Gasteiger partial charge in [-0.05, 0) is 63.5 Å². The van der Waals surface area contributed by atoms with E-state index in [0.29, 0.717) is 6.42 Å². The van der Waals surface area contributed by atoms with Crippen molar-refractivity contribution in [1.29, 1.82) is 0 Å². The number of nitrogens with one attached hydrogen (secondary N) is 2. The Morgan fingerprint density at radius 1 is 0.841 bits per heavy atom. The zero-order valence-electron chi connectivity index (χ0n) is 25.9. The standard InChI is InChI=1S/C35H49N3O6/c1-2-3-4-5-6-7-8-9-10-11-12-13-14-15-16-17-18-19-20-23-33(41)37-26-24-32(35(43)44-31(28-39)29-40)38-34(42)30-22-21-25-36-27-30/h3-4,6-7,9-10,12-13,15-16,18-19,21-22,25,27,31-32,39-40H,2,5,8,11,14,17,20,23-24,26,28-29H2,1H3,(H,37,41)(H,38,42)/b4-3-,7-6-,10-9-,13-12-,16-15-,19-18-. The quantitative estimate of drug-likeness (QED) is 0.101. The smallest absolute Gasteiger partial charge is 0.329 e. The molecule has 1 heterocycles. The van der Waals surface area contributed by atoms with Gasteiger partial charge in [0.25, 0.3) is 5.91 Å². The predicted molar refractivity (Wildman–Crippen MR) is 175 cm³/mol. The number of hydrogen-bond donors (Lipinski definition) is 4. The van der Waals surface area contributed by atoms with Crippen molar-refractivity contribution in [2.75, 3.05) is 19.8 Å². The van der Waals surface area contributed by atoms with Crippen molar-refractivity contribution in [3.8, 4) is 0 Å². The number of carbonyl (C=O) groups excluding carboxylic acids is 3. The monoisotopic (exact) mass is 607 g/mol. The van der Waals surface area contributed by atoms with E-state index in [1.807, 2.05) is 12.2 Å². The summed E-state index contributed by atoms with van der Waals surface area (Å²) in [4.78, 5) is 41.2. The molecule has 0 fully saturated rings. The Labute approximate surface area is 262 Å². The van der Waals surface area contributed by atoms with Crippen LogP contribution in [0.5, 0.6) is 0 Å². The van der Waals surface area contributed by atoms with E-state index in [1.54, 1.807) is 12.1 Å². The number of allylic oxidation sites excluding steroid dienone is 12. The molecule has 1 aromatic heterocycles. The normalized spacial score (nSPS) is 12.9. The minimum absolute atomic E-state index is 0.0695. The van der Waals surface area contributed by atoms with Gasteiger partial charge in [0, 0.05) is 25.4 Å². The summed E-state index contributed by atoms with van der Waals surface area (Å²) in [6, 6.07) is 2.05. The van der Waals surface area contributed by atoms with Gasteiger partial charge in [0.2, 0.25) is 5.91 Å². The van der Waals surface area contributed by atoms with Crippen LogP contribution in [0.25, 0.3) is 0 Å². The molecule has 0 aromatic carbocycles. The number of hydrogen-bond acceptors (Lipinski definition) is 7. The Balaban J connectivity index is 2.28. The molecule has 44 heavy (non-hydrogen) atoms. The minimum atomic E-state index is -1.10. The molecule has 1 unspecified atom stereocenters. The van der Waals surface area contributed by atoms with Gasteiger partial charge >= 0.3 is 5.97 Å². The first-order valence-electron chi connectivity index (χ1n) is 15.3. The van der Waals surface area contributed by atoms with Crippen LogP contribution in [-0.4, -0.2) is 64.9 Å². The highest BCUT2D eigenvalue weighted by molar-refractivity contribution is 5.96. The highest BCUT2D eigenvalue weighted by Gasteiger charge is 2.25. The summed E-state index contributed by atoms with van der Waals surface area (Å²) >= 11 is 0. The molecule has 9 heteroatoms. The largest absolute Gasteiger partial charge is 0.456 e. The van der Waals surface area contributed by atoms with Crippen molar-refractivity contribution in [2.24, 2.45) is 0 Å². The molecular weight excluding hydrogens is 558 g/mol. The molecule has 1 rings (SSSR count). The van der Waals surface area contributed by atoms with Crippen molar-refractivity contribution >= 4 is 17.8 Å². The number of amides is 2. The van der Waals surface area contributed by atoms with Gasteiger partial charge in [0.15, 0.2) is 0 Å². The Morgan fingerprint density at radius 2 is 1.39 bits per heavy atom. The van der Waals surface area contributed by atoms with Gasteiger partial charge in [-0.2, -0.15) is 0 Å². The van der Waals surface area contributed by atoms with E-state index in [9.17, 15) is 24.6 Å². The lowest BCUT2D eigenvalue weighted by Gasteiger charge is -2.21. The van der Waals surface area contributed by atoms with Gasteiger partial charge in [-0.25, -0.2) is 4.79 Å². The number of aromatic nitrogens is 1. The molecule has 4 N–H and O–H groups in total. The second-order valence-electron chi connectivity index (χ2n) is 9.78. The molecular formula is C35H49N3O6. The fourth-order valence-electron chi connectivity index (χ4n) is 3.66. The Morgan fingerprint density at radius 3 is 1.89 bits per heavy atom. The maximum absolute atomic E-state index is 12.6. The van der Waals surface area contributed by atoms with Gasteiger partial charge in [-0.3, -0.25) is 14.6 Å². The maximum atomic E-state index is 12.6. The van der Waals surface area contributed by atoms with Gasteiger partial charge in [0.05, 0.1) is 18.8 Å². The van der Waals surface area contributed by atoms with Crippen LogP contribution in [0.2, 0.25) is 0 Å². The van der Waals surface area contributed by atoms with Crippen LogP contribution in [-0.2, 0) is 14.3 Å². The van der Waals surface area contributed by atoms with Crippen molar-refractivity contribution in [2.45, 2.75) is 76.9 Å². The SMILES string of the molecule is CC/C=C\C/C=C\C/C=C\C/C=C\C/C=C\C/C=C\CCC(=O)NCCC(NC(=O)c1cccnc1)C(=O)OC(CO)CO. The van der Waals surface area contributed by atoms with Gasteiger partial charge in [0.1, 0.15) is 12.1 Å². The topological polar surface area (TPSA) is 138 Å². The molecule has 0 spiro atoms. The second kappa shape index (κ2) is 26.5. The van der Waals surface area contributed by atoms with Crippen molar-refractivity contribution in [3.05, 3.63) is 103 Å². The fourth-order valence-corrected chi connectivity index (χ4v) is 3.66. The minimum Gasteiger partial charge on any atom is -0.456 e. The summed E-state index contributed by atoms with van der Waals surface area (Å²) in [5, 5.41) is 23.7. The fraction of sp³-hybridized carbons (Fsp3) is 0.429. The number of carbonyl (C=O) groups is 3. The first-order chi connectivity index (χ1) is 21.5. The van der Waals surface area contributed by atoms with Crippen LogP contribution in [0.3, 0.4) is 0 Å². The van der Waals surface area contributed by atoms with Crippen LogP contribution in [0, 0.1) is 0 Å². The Kier molecular flexibility index (Phi) is 22.9. The summed E-state index contributed by atoms with van der Waals surface area (Å²) in [5.41, 5.74) is 0.256. The van der Waals surface area contributed by atoms with Crippen LogP contribution in [0.4, 0.5) is 0 Å². The third-order valence-electron chi connectivity index (χ3n) is 6.09. The van der Waals surface area contributed by atoms with E-state index in [4.69, 9.17) is 4.74 Å². The van der Waals surface area contributed by atoms with Crippen LogP contribution < -0.4 is 10.6 Å². The maximum Gasteiger partial charge on any atom is 0.329 e. The molecule has 1 aromatic rings. The molecule has 2 amide bonds. The molecule has 0 aliphatic carbocycles. The summed E-state index contributed by atoms with van der Waals surface area (Å²) in [6.07, 6.45) is 33.9. The number of nitrogens with zero attached hydrogens (tertiary/aromatic N) is 1. The lowest BCUT2D eigenvalue weighted by atomic mass is 10.1. The van der Waals surface area contributed by atoms with Gasteiger partial charge in [-0.1, -0.05) is 79.8 Å². The Bertz CT molecular complexity index is 1100. The zero-order chi connectivity index (χ0) is 32.1. The Hall–Kier alpha value is -4.08. The molecule has 0 saturated heterocycles. The molecule has 0 bridgehead atoms. The molecule has 0 aliphatic heterocycles. The predicted octanol–water partition coefficient (Wildman–Crippen LogP) is 5.06. The van der Waals surface area contributed by atoms with Gasteiger partial charge < -0.3 is 25.6 Å². The highest BCUT2D eigenvalue weighted by atomic mass is 16.6. The molecule has 9 nitrogen and oxygen atoms in total. The summed E-state index contributed by atoms with van der Waals surface area (Å²) in [7, 11) is 0. The molecule has 240 valence electrons. The molecule has 0 radical (unpaired) electrons. The van der Waals surface area contributed by atoms with E-state index in [0.717, 1.165) is 38.5 Å². The third-order valence-corrected chi connectivity index (χ3v) is 6.09. The van der Waals surface area contributed by atoms with E-state index >= 15 is 0 Å². The number of esters is 1. The van der Waals surface area contributed by atoms with Crippen LogP contribution in [0.1, 0.15) is 75.1 Å². The highest BCUT2D eigenvalue weighted by Crippen LogP contribution is 2.04. The average Bonchev–Trinajstić information content (AvgIpc) is 3.04. The van der Waals surface area contributed by atoms with Crippen molar-refractivity contribution < 1.29 is 29.3 Å². The van der Waals surface area contributed by atoms with Crippen molar-refractivity contribution in [1.82, 2.24) is 15.6 Å². The average molecular weight is 608 g/mol. The zero-order valence-corrected chi connectivity index (χ0v) is 25.9. The lowest BCUT2D eigenvalue weighted by molar-refractivity contribution is -0.156. The first kappa shape index (κ1) is 37.9. The van der Waals surface area contributed by atoms with Crippen molar-refractivity contribution in [3.63, 3.8) is 0 Å². The van der Waals surface area contributed by atoms with E-state index < -0.39 is 37.2 Å². The van der Waals surface area contributed by atoms with E-state index in [1.165, 1.54) is 12.4 Å². The lowest BCUT2D eigenvalue weighted by Crippen LogP contribution is -2.45. The summed E-state index contributed by atoms with van der Waals surface area (Å²) < 4.78 is 5.07. The van der Waals surface area contributed by atoms with E-state index in [2.05, 4.69) is 83.3 Å². The number of aliphatic hydroxyl groups excluding tert-OH is 2. The van der Waals surface area contributed by atoms with Gasteiger partial charge in [-0.15, -0.1) is 0 Å². The number of rotatable bonds is 23. The summed E-state index contributed by atoms with van der Waals surface area (Å²) in [5.74, 6) is -1.53. The number of ether oxygens (including phenoxy) is 1. The second-order valence-corrected chi connectivity index (χ2v) is 9.78. The first-order valence-corrected chi connectivity index (χ1v) is 15.3. The number of pyridine rings is 1. The molecule has 1 atom stereocenters. The van der Waals surface area contributed by atoms with E-state index in [-0.39, 0.29) is 30.9 Å². The third kappa shape index (κ3) is 19.9.